The first-order valence-electron chi connectivity index (χ1n) is 6.06. The Balaban J connectivity index is 2.32. The van der Waals surface area contributed by atoms with E-state index in [1.54, 1.807) is 0 Å². The standard InChI is InChI=1S/C14H24N2/c1-5-14(16(3)4)11-15-10-13-8-6-12(2)7-9-13/h6-9,14-15H,5,10-11H2,1-4H3. The van der Waals surface area contributed by atoms with Crippen molar-refractivity contribution >= 4 is 0 Å². The Morgan fingerprint density at radius 1 is 1.19 bits per heavy atom. The first-order valence-corrected chi connectivity index (χ1v) is 6.06. The Hall–Kier alpha value is -0.860. The normalized spacial score (nSPS) is 13.1. The van der Waals surface area contributed by atoms with Gasteiger partial charge >= 0.3 is 0 Å². The highest BCUT2D eigenvalue weighted by Gasteiger charge is 2.07. The molecule has 1 unspecified atom stereocenters. The molecule has 2 nitrogen and oxygen atoms in total. The number of nitrogens with one attached hydrogen (secondary N) is 1. The highest BCUT2D eigenvalue weighted by molar-refractivity contribution is 5.21. The van der Waals surface area contributed by atoms with Crippen LogP contribution in [0.25, 0.3) is 0 Å². The van der Waals surface area contributed by atoms with Gasteiger partial charge in [-0.15, -0.1) is 0 Å². The van der Waals surface area contributed by atoms with Crippen molar-refractivity contribution in [1.29, 1.82) is 0 Å². The Morgan fingerprint density at radius 3 is 2.31 bits per heavy atom. The van der Waals surface area contributed by atoms with Crippen molar-refractivity contribution in [3.05, 3.63) is 35.4 Å². The van der Waals surface area contributed by atoms with E-state index >= 15 is 0 Å². The number of nitrogens with zero attached hydrogens (tertiary/aromatic N) is 1. The Morgan fingerprint density at radius 2 is 1.81 bits per heavy atom. The lowest BCUT2D eigenvalue weighted by Gasteiger charge is -2.23. The van der Waals surface area contributed by atoms with Crippen molar-refractivity contribution in [2.45, 2.75) is 32.9 Å². The fourth-order valence-corrected chi connectivity index (χ4v) is 1.78. The highest BCUT2D eigenvalue weighted by Crippen LogP contribution is 2.03. The van der Waals surface area contributed by atoms with E-state index in [0.29, 0.717) is 6.04 Å². The van der Waals surface area contributed by atoms with Gasteiger partial charge in [-0.3, -0.25) is 0 Å². The molecule has 1 N–H and O–H groups in total. The molecule has 0 bridgehead atoms. The smallest absolute Gasteiger partial charge is 0.0212 e. The molecule has 1 rings (SSSR count). The molecular weight excluding hydrogens is 196 g/mol. The van der Waals surface area contributed by atoms with Crippen LogP contribution >= 0.6 is 0 Å². The molecule has 0 spiro atoms. The average Bonchev–Trinajstić information content (AvgIpc) is 2.26. The molecular formula is C14H24N2. The van der Waals surface area contributed by atoms with Crippen LogP contribution in [0.2, 0.25) is 0 Å². The summed E-state index contributed by atoms with van der Waals surface area (Å²) in [6.07, 6.45) is 1.19. The van der Waals surface area contributed by atoms with Crippen LogP contribution in [0.4, 0.5) is 0 Å². The first-order chi connectivity index (χ1) is 7.63. The number of hydrogen-bond acceptors (Lipinski definition) is 2. The lowest BCUT2D eigenvalue weighted by molar-refractivity contribution is 0.276. The summed E-state index contributed by atoms with van der Waals surface area (Å²) < 4.78 is 0. The minimum Gasteiger partial charge on any atom is -0.311 e. The Labute approximate surface area is 99.7 Å². The van der Waals surface area contributed by atoms with Crippen LogP contribution in [-0.2, 0) is 6.54 Å². The van der Waals surface area contributed by atoms with Gasteiger partial charge < -0.3 is 10.2 Å². The second-order valence-corrected chi connectivity index (χ2v) is 4.64. The summed E-state index contributed by atoms with van der Waals surface area (Å²) in [5, 5.41) is 3.51. The molecule has 16 heavy (non-hydrogen) atoms. The van der Waals surface area contributed by atoms with Gasteiger partial charge in [0.05, 0.1) is 0 Å². The van der Waals surface area contributed by atoms with Gasteiger partial charge in [0, 0.05) is 19.1 Å². The second-order valence-electron chi connectivity index (χ2n) is 4.64. The van der Waals surface area contributed by atoms with Crippen molar-refractivity contribution in [1.82, 2.24) is 10.2 Å². The first kappa shape index (κ1) is 13.2. The summed E-state index contributed by atoms with van der Waals surface area (Å²) in [5.74, 6) is 0. The minimum atomic E-state index is 0.630. The maximum Gasteiger partial charge on any atom is 0.0212 e. The van der Waals surface area contributed by atoms with Gasteiger partial charge in [-0.25, -0.2) is 0 Å². The molecule has 0 amide bonds. The third kappa shape index (κ3) is 4.33. The van der Waals surface area contributed by atoms with E-state index in [0.717, 1.165) is 13.1 Å². The van der Waals surface area contributed by atoms with Crippen molar-refractivity contribution in [3.8, 4) is 0 Å². The zero-order chi connectivity index (χ0) is 12.0. The van der Waals surface area contributed by atoms with E-state index in [9.17, 15) is 0 Å². The Kier molecular flexibility index (Phi) is 5.50. The lowest BCUT2D eigenvalue weighted by Crippen LogP contribution is -2.37. The number of aryl methyl sites for hydroxylation is 1. The van der Waals surface area contributed by atoms with Gasteiger partial charge in [0.2, 0.25) is 0 Å². The van der Waals surface area contributed by atoms with Gasteiger partial charge in [0.25, 0.3) is 0 Å². The fraction of sp³-hybridized carbons (Fsp3) is 0.571. The SMILES string of the molecule is CCC(CNCc1ccc(C)cc1)N(C)C. The van der Waals surface area contributed by atoms with Crippen LogP contribution < -0.4 is 5.32 Å². The zero-order valence-electron chi connectivity index (χ0n) is 11.0. The molecule has 0 aromatic heterocycles. The maximum absolute atomic E-state index is 3.51. The highest BCUT2D eigenvalue weighted by atomic mass is 15.1. The molecule has 90 valence electrons. The fourth-order valence-electron chi connectivity index (χ4n) is 1.78. The summed E-state index contributed by atoms with van der Waals surface area (Å²) in [7, 11) is 4.28. The molecule has 0 saturated heterocycles. The van der Waals surface area contributed by atoms with E-state index in [4.69, 9.17) is 0 Å². The summed E-state index contributed by atoms with van der Waals surface area (Å²) >= 11 is 0. The van der Waals surface area contributed by atoms with Gasteiger partial charge in [0.15, 0.2) is 0 Å². The molecule has 0 aliphatic heterocycles. The van der Waals surface area contributed by atoms with E-state index in [2.05, 4.69) is 62.4 Å². The summed E-state index contributed by atoms with van der Waals surface area (Å²) in [6.45, 7) is 6.37. The van der Waals surface area contributed by atoms with Crippen LogP contribution in [0.1, 0.15) is 24.5 Å². The monoisotopic (exact) mass is 220 g/mol. The number of rotatable bonds is 6. The van der Waals surface area contributed by atoms with Crippen LogP contribution in [0.3, 0.4) is 0 Å². The summed E-state index contributed by atoms with van der Waals surface area (Å²) in [5.41, 5.74) is 2.68. The number of benzene rings is 1. The predicted octanol–water partition coefficient (Wildman–Crippen LogP) is 2.42. The quantitative estimate of drug-likeness (QED) is 0.792. The number of likely N-dealkylation sites (N-methyl/N-ethyl adjacent to an activating group) is 1. The third-order valence-electron chi connectivity index (χ3n) is 3.03. The van der Waals surface area contributed by atoms with E-state index in [-0.39, 0.29) is 0 Å². The Bertz CT molecular complexity index is 290. The van der Waals surface area contributed by atoms with E-state index in [1.165, 1.54) is 17.5 Å². The lowest BCUT2D eigenvalue weighted by atomic mass is 10.1. The molecule has 0 radical (unpaired) electrons. The molecule has 1 aromatic carbocycles. The topological polar surface area (TPSA) is 15.3 Å². The molecule has 1 atom stereocenters. The molecule has 1 aromatic rings. The molecule has 0 heterocycles. The zero-order valence-corrected chi connectivity index (χ0v) is 11.0. The summed E-state index contributed by atoms with van der Waals surface area (Å²) in [4.78, 5) is 2.28. The van der Waals surface area contributed by atoms with Gasteiger partial charge in [0.1, 0.15) is 0 Å². The van der Waals surface area contributed by atoms with Crippen LogP contribution in [0, 0.1) is 6.92 Å². The van der Waals surface area contributed by atoms with Crippen molar-refractivity contribution in [2.24, 2.45) is 0 Å². The molecule has 2 heteroatoms. The van der Waals surface area contributed by atoms with Crippen molar-refractivity contribution in [3.63, 3.8) is 0 Å². The number of hydrogen-bond donors (Lipinski definition) is 1. The summed E-state index contributed by atoms with van der Waals surface area (Å²) in [6, 6.07) is 9.35. The van der Waals surface area contributed by atoms with Gasteiger partial charge in [-0.05, 0) is 33.0 Å². The van der Waals surface area contributed by atoms with Crippen LogP contribution in [-0.4, -0.2) is 31.6 Å². The second kappa shape index (κ2) is 6.66. The van der Waals surface area contributed by atoms with E-state index < -0.39 is 0 Å². The molecule has 0 aliphatic carbocycles. The minimum absolute atomic E-state index is 0.630. The van der Waals surface area contributed by atoms with Crippen LogP contribution in [0.5, 0.6) is 0 Å². The maximum atomic E-state index is 3.51. The predicted molar refractivity (Wildman–Crippen MR) is 70.7 cm³/mol. The molecule has 0 aliphatic rings. The van der Waals surface area contributed by atoms with Gasteiger partial charge in [-0.1, -0.05) is 36.8 Å². The van der Waals surface area contributed by atoms with E-state index in [1.807, 2.05) is 0 Å². The molecule has 0 saturated carbocycles. The van der Waals surface area contributed by atoms with Crippen LogP contribution in [0.15, 0.2) is 24.3 Å². The van der Waals surface area contributed by atoms with Gasteiger partial charge in [-0.2, -0.15) is 0 Å². The average molecular weight is 220 g/mol. The largest absolute Gasteiger partial charge is 0.311 e. The van der Waals surface area contributed by atoms with Crippen molar-refractivity contribution in [2.75, 3.05) is 20.6 Å². The third-order valence-corrected chi connectivity index (χ3v) is 3.03. The van der Waals surface area contributed by atoms with Crippen molar-refractivity contribution < 1.29 is 0 Å². The molecule has 0 fully saturated rings.